The number of carbonyl (C=O) groups is 2. The number of amides is 2. The lowest BCUT2D eigenvalue weighted by molar-refractivity contribution is 0.0208. The number of ether oxygens (including phenoxy) is 6. The Balaban J connectivity index is 1.17. The molecule has 0 saturated carbocycles. The Kier molecular flexibility index (Phi) is 11.6. The number of nitrogens with one attached hydrogen (secondary N) is 2. The minimum atomic E-state index is -0.581. The molecule has 0 bridgehead atoms. The van der Waals surface area contributed by atoms with E-state index < -0.39 is 11.2 Å². The Hall–Kier alpha value is -5.08. The fourth-order valence-electron chi connectivity index (χ4n) is 7.29. The van der Waals surface area contributed by atoms with Gasteiger partial charge >= 0.3 is 12.2 Å². The van der Waals surface area contributed by atoms with E-state index >= 15 is 0 Å². The molecule has 2 saturated heterocycles. The largest absolute Gasteiger partial charge is 0.491 e. The molecular weight excluding hydrogens is 716 g/mol. The minimum Gasteiger partial charge on any atom is -0.491 e. The van der Waals surface area contributed by atoms with Crippen LogP contribution in [0.5, 0.6) is 11.5 Å². The Morgan fingerprint density at radius 1 is 0.643 bits per heavy atom. The van der Waals surface area contributed by atoms with Crippen molar-refractivity contribution < 1.29 is 38.0 Å². The van der Waals surface area contributed by atoms with Gasteiger partial charge in [-0.05, 0) is 91.5 Å². The Bertz CT molecular complexity index is 1850. The summed E-state index contributed by atoms with van der Waals surface area (Å²) in [7, 11) is 0. The number of nitrogens with zero attached hydrogens (tertiary/aromatic N) is 4. The number of aromatic nitrogens is 4. The summed E-state index contributed by atoms with van der Waals surface area (Å²) in [5, 5.41) is 0. The highest BCUT2D eigenvalue weighted by Crippen LogP contribution is 2.42. The van der Waals surface area contributed by atoms with Crippen LogP contribution in [0.25, 0.3) is 33.6 Å². The molecule has 300 valence electrons. The second kappa shape index (κ2) is 16.6. The van der Waals surface area contributed by atoms with Gasteiger partial charge in [-0.15, -0.1) is 0 Å². The third kappa shape index (κ3) is 9.30. The number of benzene rings is 2. The molecule has 0 radical (unpaired) electrons. The molecule has 5 heterocycles. The normalized spacial score (nSPS) is 19.7. The first-order valence-corrected chi connectivity index (χ1v) is 19.6. The van der Waals surface area contributed by atoms with Crippen molar-refractivity contribution in [1.29, 1.82) is 0 Å². The van der Waals surface area contributed by atoms with E-state index in [1.54, 1.807) is 22.2 Å². The van der Waals surface area contributed by atoms with Gasteiger partial charge in [0.1, 0.15) is 47.6 Å². The third-order valence-corrected chi connectivity index (χ3v) is 9.80. The quantitative estimate of drug-likeness (QED) is 0.208. The SMILES string of the molecule is CC(C)(C)OC(=O)N1CCC[C@H]1c1ncc(-c2ccc3c(c2)OCCOCCOCCOc2cc(-c4cnc([C@@H]5CCCN5C(=O)OC(C)(C)C)[nH]4)ccc2-3)[nH]1. The summed E-state index contributed by atoms with van der Waals surface area (Å²) in [6.07, 6.45) is 6.29. The number of imidazole rings is 2. The first kappa shape index (κ1) is 39.2. The molecule has 4 aromatic rings. The maximum Gasteiger partial charge on any atom is 0.410 e. The zero-order valence-electron chi connectivity index (χ0n) is 33.3. The molecule has 0 spiro atoms. The van der Waals surface area contributed by atoms with Gasteiger partial charge in [0.05, 0.1) is 62.3 Å². The Labute approximate surface area is 328 Å². The molecule has 56 heavy (non-hydrogen) atoms. The van der Waals surface area contributed by atoms with E-state index in [-0.39, 0.29) is 24.3 Å². The summed E-state index contributed by atoms with van der Waals surface area (Å²) < 4.78 is 35.7. The van der Waals surface area contributed by atoms with E-state index in [1.165, 1.54) is 0 Å². The number of fused-ring (bicyclic) bond motifs is 3. The van der Waals surface area contributed by atoms with Crippen molar-refractivity contribution >= 4 is 12.2 Å². The molecule has 2 aromatic heterocycles. The van der Waals surface area contributed by atoms with Gasteiger partial charge in [-0.1, -0.05) is 12.1 Å². The fraction of sp³-hybridized carbons (Fsp3) is 0.524. The molecule has 0 unspecified atom stereocenters. The average Bonchev–Trinajstić information content (AvgIpc) is 3.97. The topological polar surface area (TPSA) is 153 Å². The number of hydrogen-bond acceptors (Lipinski definition) is 10. The predicted octanol–water partition coefficient (Wildman–Crippen LogP) is 8.08. The van der Waals surface area contributed by atoms with E-state index in [9.17, 15) is 9.59 Å². The lowest BCUT2D eigenvalue weighted by atomic mass is 9.98. The van der Waals surface area contributed by atoms with E-state index in [0.717, 1.165) is 71.0 Å². The van der Waals surface area contributed by atoms with Crippen molar-refractivity contribution in [2.75, 3.05) is 52.7 Å². The standard InChI is InChI=1S/C42H54N6O8/c1-41(2,3)55-39(49)47-15-7-9-33(47)37-43-25-31(45-37)27-11-13-29-30-14-12-28(24-36(30)54-22-20-52-18-17-51-19-21-53-35(29)23-27)32-26-44-38(46-32)34-10-8-16-48(34)40(50)56-42(4,5)6/h11-14,23-26,33-34H,7-10,15-22H2,1-6H3,(H,43,45)(H,44,46)/t33-,34-/m0/s1. The summed E-state index contributed by atoms with van der Waals surface area (Å²) in [5.41, 5.74) is 3.93. The third-order valence-electron chi connectivity index (χ3n) is 9.80. The number of H-pyrrole nitrogens is 2. The molecule has 7 rings (SSSR count). The van der Waals surface area contributed by atoms with Gasteiger partial charge in [-0.2, -0.15) is 0 Å². The van der Waals surface area contributed by atoms with Crippen molar-refractivity contribution in [3.63, 3.8) is 0 Å². The maximum absolute atomic E-state index is 13.0. The maximum atomic E-state index is 13.0. The van der Waals surface area contributed by atoms with Crippen LogP contribution in [-0.2, 0) is 18.9 Å². The van der Waals surface area contributed by atoms with Crippen molar-refractivity contribution in [2.45, 2.75) is 90.5 Å². The van der Waals surface area contributed by atoms with Crippen LogP contribution in [0.3, 0.4) is 0 Å². The zero-order valence-corrected chi connectivity index (χ0v) is 33.3. The van der Waals surface area contributed by atoms with Crippen LogP contribution in [-0.4, -0.2) is 106 Å². The average molecular weight is 771 g/mol. The minimum absolute atomic E-state index is 0.195. The molecule has 2 amide bonds. The van der Waals surface area contributed by atoms with Gasteiger partial charge in [-0.25, -0.2) is 19.6 Å². The van der Waals surface area contributed by atoms with Crippen molar-refractivity contribution in [2.24, 2.45) is 0 Å². The van der Waals surface area contributed by atoms with E-state index in [1.807, 2.05) is 77.9 Å². The second-order valence-electron chi connectivity index (χ2n) is 16.4. The highest BCUT2D eigenvalue weighted by atomic mass is 16.6. The lowest BCUT2D eigenvalue weighted by Gasteiger charge is -2.27. The van der Waals surface area contributed by atoms with Crippen molar-refractivity contribution in [3.8, 4) is 45.1 Å². The Morgan fingerprint density at radius 2 is 1.05 bits per heavy atom. The molecule has 3 aliphatic rings. The summed E-state index contributed by atoms with van der Waals surface area (Å²) in [4.78, 5) is 45.9. The van der Waals surface area contributed by atoms with E-state index in [4.69, 9.17) is 38.4 Å². The summed E-state index contributed by atoms with van der Waals surface area (Å²) in [6, 6.07) is 11.7. The molecule has 14 nitrogen and oxygen atoms in total. The highest BCUT2D eigenvalue weighted by Gasteiger charge is 2.36. The first-order chi connectivity index (χ1) is 26.8. The zero-order chi connectivity index (χ0) is 39.5. The number of aromatic amines is 2. The fourth-order valence-corrected chi connectivity index (χ4v) is 7.29. The van der Waals surface area contributed by atoms with E-state index in [2.05, 4.69) is 9.97 Å². The summed E-state index contributed by atoms with van der Waals surface area (Å²) in [5.74, 6) is 2.77. The predicted molar refractivity (Wildman–Crippen MR) is 209 cm³/mol. The first-order valence-electron chi connectivity index (χ1n) is 19.6. The number of carbonyl (C=O) groups excluding carboxylic acids is 2. The second-order valence-corrected chi connectivity index (χ2v) is 16.4. The van der Waals surface area contributed by atoms with Gasteiger partial charge < -0.3 is 38.4 Å². The molecule has 2 fully saturated rings. The van der Waals surface area contributed by atoms with Crippen LogP contribution < -0.4 is 9.47 Å². The summed E-state index contributed by atoms with van der Waals surface area (Å²) >= 11 is 0. The summed E-state index contributed by atoms with van der Waals surface area (Å²) in [6.45, 7) is 14.9. The van der Waals surface area contributed by atoms with Crippen LogP contribution in [0.2, 0.25) is 0 Å². The molecule has 2 atom stereocenters. The van der Waals surface area contributed by atoms with Gasteiger partial charge in [0.2, 0.25) is 0 Å². The molecule has 0 aliphatic carbocycles. The molecule has 14 heteroatoms. The van der Waals surface area contributed by atoms with E-state index in [0.29, 0.717) is 64.2 Å². The van der Waals surface area contributed by atoms with Gasteiger partial charge in [0.15, 0.2) is 0 Å². The van der Waals surface area contributed by atoms with Crippen LogP contribution >= 0.6 is 0 Å². The molecule has 2 aromatic carbocycles. The highest BCUT2D eigenvalue weighted by molar-refractivity contribution is 5.81. The van der Waals surface area contributed by atoms with Crippen LogP contribution in [0.15, 0.2) is 48.8 Å². The molecule has 2 N–H and O–H groups in total. The van der Waals surface area contributed by atoms with Crippen molar-refractivity contribution in [3.05, 3.63) is 60.4 Å². The van der Waals surface area contributed by atoms with Crippen LogP contribution in [0.4, 0.5) is 9.59 Å². The number of likely N-dealkylation sites (tertiary alicyclic amines) is 2. The Morgan fingerprint density at radius 3 is 1.46 bits per heavy atom. The number of hydrogen-bond donors (Lipinski definition) is 2. The molecule has 3 aliphatic heterocycles. The van der Waals surface area contributed by atoms with Crippen molar-refractivity contribution in [1.82, 2.24) is 29.7 Å². The number of rotatable bonds is 4. The van der Waals surface area contributed by atoms with Crippen LogP contribution in [0, 0.1) is 0 Å². The lowest BCUT2D eigenvalue weighted by Crippen LogP contribution is -2.36. The van der Waals surface area contributed by atoms with Gasteiger partial charge in [0.25, 0.3) is 0 Å². The van der Waals surface area contributed by atoms with Gasteiger partial charge in [0, 0.05) is 35.3 Å². The molecular formula is C42H54N6O8. The van der Waals surface area contributed by atoms with Gasteiger partial charge in [-0.3, -0.25) is 9.80 Å². The monoisotopic (exact) mass is 770 g/mol. The van der Waals surface area contributed by atoms with Crippen LogP contribution in [0.1, 0.15) is 91.0 Å². The smallest absolute Gasteiger partial charge is 0.410 e.